The van der Waals surface area contributed by atoms with Gasteiger partial charge in [-0.15, -0.1) is 0 Å². The molecule has 2 saturated heterocycles. The molecule has 1 aromatic heterocycles. The van der Waals surface area contributed by atoms with Crippen LogP contribution in [0.3, 0.4) is 0 Å². The van der Waals surface area contributed by atoms with Crippen LogP contribution in [0, 0.1) is 31.0 Å². The molecule has 0 spiro atoms. The number of para-hydroxylation sites is 1. The molecule has 3 aromatic rings. The number of carbonyl (C=O) groups excluding carboxylic acids is 1. The highest BCUT2D eigenvalue weighted by Gasteiger charge is 2.26. The van der Waals surface area contributed by atoms with Crippen molar-refractivity contribution < 1.29 is 9.18 Å². The number of aryl methyl sites for hydroxylation is 2. The van der Waals surface area contributed by atoms with E-state index in [1.165, 1.54) is 23.5 Å². The number of rotatable bonds is 5. The topological polar surface area (TPSA) is 79.6 Å². The van der Waals surface area contributed by atoms with Crippen LogP contribution in [0.4, 0.5) is 16.0 Å². The van der Waals surface area contributed by atoms with Crippen molar-refractivity contribution in [2.75, 3.05) is 62.2 Å². The number of halogens is 1. The number of amides is 1. The number of nitrogens with zero attached hydrogens (tertiary/aromatic N) is 7. The Morgan fingerprint density at radius 3 is 2.26 bits per heavy atom. The highest BCUT2D eigenvalue weighted by molar-refractivity contribution is 5.96. The molecule has 2 aromatic carbocycles. The van der Waals surface area contributed by atoms with Crippen LogP contribution in [-0.4, -0.2) is 78.0 Å². The Balaban J connectivity index is 1.22. The van der Waals surface area contributed by atoms with Crippen LogP contribution in [-0.2, 0) is 6.54 Å². The van der Waals surface area contributed by atoms with E-state index in [-0.39, 0.29) is 5.91 Å². The van der Waals surface area contributed by atoms with Crippen molar-refractivity contribution in [3.05, 3.63) is 82.4 Å². The van der Waals surface area contributed by atoms with Crippen molar-refractivity contribution in [3.8, 4) is 6.07 Å². The Labute approximate surface area is 222 Å². The van der Waals surface area contributed by atoms with Crippen LogP contribution < -0.4 is 9.80 Å². The van der Waals surface area contributed by atoms with Crippen LogP contribution in [0.5, 0.6) is 0 Å². The van der Waals surface area contributed by atoms with E-state index < -0.39 is 5.82 Å². The van der Waals surface area contributed by atoms with Crippen molar-refractivity contribution >= 4 is 17.5 Å². The number of hydrogen-bond donors (Lipinski definition) is 0. The Morgan fingerprint density at radius 1 is 0.921 bits per heavy atom. The molecule has 9 heteroatoms. The molecule has 8 nitrogen and oxygen atoms in total. The maximum atomic E-state index is 13.5. The minimum atomic E-state index is -0.459. The van der Waals surface area contributed by atoms with Crippen molar-refractivity contribution in [3.63, 3.8) is 0 Å². The van der Waals surface area contributed by atoms with E-state index in [2.05, 4.69) is 44.9 Å². The maximum absolute atomic E-state index is 13.5. The second-order valence-electron chi connectivity index (χ2n) is 9.97. The number of anilines is 2. The molecular weight excluding hydrogens is 481 g/mol. The molecule has 5 rings (SSSR count). The summed E-state index contributed by atoms with van der Waals surface area (Å²) in [6, 6.07) is 14.2. The van der Waals surface area contributed by atoms with Crippen LogP contribution in [0.2, 0.25) is 0 Å². The molecular formula is C29H32FN7O. The van der Waals surface area contributed by atoms with Gasteiger partial charge in [0.2, 0.25) is 5.95 Å². The lowest BCUT2D eigenvalue weighted by Crippen LogP contribution is -2.49. The first-order valence-electron chi connectivity index (χ1n) is 13.0. The van der Waals surface area contributed by atoms with Gasteiger partial charge in [-0.2, -0.15) is 5.26 Å². The predicted octanol–water partition coefficient (Wildman–Crippen LogP) is 3.39. The van der Waals surface area contributed by atoms with E-state index in [1.807, 2.05) is 41.0 Å². The second-order valence-corrected chi connectivity index (χ2v) is 9.97. The molecule has 196 valence electrons. The molecule has 0 saturated carbocycles. The first-order chi connectivity index (χ1) is 18.4. The molecule has 2 aliphatic rings. The Kier molecular flexibility index (Phi) is 7.52. The number of hydrogen-bond acceptors (Lipinski definition) is 7. The summed E-state index contributed by atoms with van der Waals surface area (Å²) in [6.07, 6.45) is 2.34. The van der Waals surface area contributed by atoms with Gasteiger partial charge in [0, 0.05) is 64.5 Å². The zero-order chi connectivity index (χ0) is 26.6. The summed E-state index contributed by atoms with van der Waals surface area (Å²) in [5.74, 6) is 0.0734. The fourth-order valence-electron chi connectivity index (χ4n) is 5.28. The molecule has 1 amide bonds. The molecule has 2 aliphatic heterocycles. The smallest absolute Gasteiger partial charge is 0.254 e. The quantitative estimate of drug-likeness (QED) is 0.518. The molecule has 0 radical (unpaired) electrons. The Bertz CT molecular complexity index is 1340. The first kappa shape index (κ1) is 25.6. The van der Waals surface area contributed by atoms with Gasteiger partial charge in [-0.05, 0) is 48.7 Å². The largest absolute Gasteiger partial charge is 0.368 e. The van der Waals surface area contributed by atoms with Gasteiger partial charge in [0.05, 0.1) is 23.6 Å². The Morgan fingerprint density at radius 2 is 1.58 bits per heavy atom. The number of benzene rings is 2. The summed E-state index contributed by atoms with van der Waals surface area (Å²) in [5, 5.41) is 9.45. The number of nitriles is 1. The van der Waals surface area contributed by atoms with Crippen LogP contribution in [0.25, 0.3) is 0 Å². The van der Waals surface area contributed by atoms with Gasteiger partial charge in [0.1, 0.15) is 6.07 Å². The molecule has 0 unspecified atom stereocenters. The summed E-state index contributed by atoms with van der Waals surface area (Å²) >= 11 is 0. The average molecular weight is 514 g/mol. The monoisotopic (exact) mass is 513 g/mol. The number of aromatic nitrogens is 2. The third-order valence-electron chi connectivity index (χ3n) is 7.50. The van der Waals surface area contributed by atoms with E-state index in [4.69, 9.17) is 0 Å². The molecule has 3 heterocycles. The van der Waals surface area contributed by atoms with Crippen LogP contribution in [0.15, 0.2) is 48.8 Å². The van der Waals surface area contributed by atoms with E-state index in [0.717, 1.165) is 49.5 Å². The zero-order valence-corrected chi connectivity index (χ0v) is 21.9. The molecule has 38 heavy (non-hydrogen) atoms. The van der Waals surface area contributed by atoms with Crippen LogP contribution >= 0.6 is 0 Å². The summed E-state index contributed by atoms with van der Waals surface area (Å²) in [4.78, 5) is 30.2. The van der Waals surface area contributed by atoms with E-state index in [9.17, 15) is 14.4 Å². The standard InChI is InChI=1S/C29H32FN7O/c1-21-15-22(2)26(28(38)36-11-13-37(14-12-36)29-32-18-25(30)19-33-29)16-24(21)20-34-7-9-35(10-8-34)27-6-4-3-5-23(27)17-31/h3-6,15-16,18-19H,7-14,20H2,1-2H3. The summed E-state index contributed by atoms with van der Waals surface area (Å²) in [5.41, 5.74) is 5.81. The number of carbonyl (C=O) groups is 1. The molecule has 0 bridgehead atoms. The molecule has 0 atom stereocenters. The minimum absolute atomic E-state index is 0.0429. The van der Waals surface area contributed by atoms with Crippen molar-refractivity contribution in [2.45, 2.75) is 20.4 Å². The third-order valence-corrected chi connectivity index (χ3v) is 7.50. The third kappa shape index (κ3) is 5.46. The summed E-state index contributed by atoms with van der Waals surface area (Å²) < 4.78 is 13.2. The minimum Gasteiger partial charge on any atom is -0.368 e. The van der Waals surface area contributed by atoms with Gasteiger partial charge in [-0.3, -0.25) is 9.69 Å². The summed E-state index contributed by atoms with van der Waals surface area (Å²) in [7, 11) is 0. The highest BCUT2D eigenvalue weighted by Crippen LogP contribution is 2.24. The van der Waals surface area contributed by atoms with Gasteiger partial charge in [-0.1, -0.05) is 18.2 Å². The van der Waals surface area contributed by atoms with Gasteiger partial charge in [0.25, 0.3) is 5.91 Å². The predicted molar refractivity (Wildman–Crippen MR) is 145 cm³/mol. The van der Waals surface area contributed by atoms with E-state index in [0.29, 0.717) is 37.7 Å². The molecule has 0 aliphatic carbocycles. The van der Waals surface area contributed by atoms with Gasteiger partial charge in [-0.25, -0.2) is 14.4 Å². The average Bonchev–Trinajstić information content (AvgIpc) is 2.95. The lowest BCUT2D eigenvalue weighted by molar-refractivity contribution is 0.0745. The normalized spacial score (nSPS) is 16.4. The zero-order valence-electron chi connectivity index (χ0n) is 21.9. The maximum Gasteiger partial charge on any atom is 0.254 e. The fraction of sp³-hybridized carbons (Fsp3) is 0.379. The molecule has 0 N–H and O–H groups in total. The molecule has 2 fully saturated rings. The van der Waals surface area contributed by atoms with Crippen molar-refractivity contribution in [1.29, 1.82) is 5.26 Å². The lowest BCUT2D eigenvalue weighted by Gasteiger charge is -2.37. The highest BCUT2D eigenvalue weighted by atomic mass is 19.1. The fourth-order valence-corrected chi connectivity index (χ4v) is 5.28. The van der Waals surface area contributed by atoms with Crippen LogP contribution in [0.1, 0.15) is 32.6 Å². The SMILES string of the molecule is Cc1cc(C)c(C(=O)N2CCN(c3ncc(F)cn3)CC2)cc1CN1CCN(c2ccccc2C#N)CC1. The van der Waals surface area contributed by atoms with Crippen molar-refractivity contribution in [2.24, 2.45) is 0 Å². The second kappa shape index (κ2) is 11.2. The Hall–Kier alpha value is -4.03. The summed E-state index contributed by atoms with van der Waals surface area (Å²) in [6.45, 7) is 10.7. The lowest BCUT2D eigenvalue weighted by atomic mass is 9.98. The van der Waals surface area contributed by atoms with Gasteiger partial charge >= 0.3 is 0 Å². The van der Waals surface area contributed by atoms with E-state index in [1.54, 1.807) is 0 Å². The number of piperazine rings is 2. The van der Waals surface area contributed by atoms with Gasteiger partial charge in [0.15, 0.2) is 5.82 Å². The van der Waals surface area contributed by atoms with Crippen molar-refractivity contribution in [1.82, 2.24) is 19.8 Å². The van der Waals surface area contributed by atoms with E-state index >= 15 is 0 Å². The van der Waals surface area contributed by atoms with Gasteiger partial charge < -0.3 is 14.7 Å². The first-order valence-corrected chi connectivity index (χ1v) is 13.0.